The number of carbonyl (C=O) groups is 1. The summed E-state index contributed by atoms with van der Waals surface area (Å²) in [7, 11) is 1.38. The molecule has 1 heterocycles. The molecule has 4 nitrogen and oxygen atoms in total. The number of nitrogens with two attached hydrogens (primary N) is 1. The van der Waals surface area contributed by atoms with Crippen LogP contribution in [0.1, 0.15) is 5.69 Å². The Hall–Kier alpha value is -0.750. The van der Waals surface area contributed by atoms with Crippen molar-refractivity contribution in [3.8, 4) is 0 Å². The standard InChI is InChI=1S/C7H10N2O2S2/c1-11-6(10)4-12-2-5-3-13-7(8)9-5/h3H,2,4H2,1H3,(H2,8,9). The molecule has 0 aliphatic rings. The van der Waals surface area contributed by atoms with Crippen molar-refractivity contribution in [1.29, 1.82) is 0 Å². The number of aromatic nitrogens is 1. The van der Waals surface area contributed by atoms with Crippen LogP contribution in [0, 0.1) is 0 Å². The molecule has 1 rings (SSSR count). The zero-order valence-electron chi connectivity index (χ0n) is 7.15. The first kappa shape index (κ1) is 10.3. The lowest BCUT2D eigenvalue weighted by molar-refractivity contribution is -0.137. The second-order valence-electron chi connectivity index (χ2n) is 2.25. The molecule has 0 spiro atoms. The average Bonchev–Trinajstić information content (AvgIpc) is 2.51. The molecule has 1 aromatic heterocycles. The highest BCUT2D eigenvalue weighted by molar-refractivity contribution is 7.99. The van der Waals surface area contributed by atoms with Gasteiger partial charge in [0.05, 0.1) is 18.6 Å². The molecule has 0 bridgehead atoms. The molecule has 13 heavy (non-hydrogen) atoms. The molecule has 0 saturated carbocycles. The average molecular weight is 218 g/mol. The fraction of sp³-hybridized carbons (Fsp3) is 0.429. The maximum absolute atomic E-state index is 10.7. The molecular weight excluding hydrogens is 208 g/mol. The van der Waals surface area contributed by atoms with Gasteiger partial charge >= 0.3 is 5.97 Å². The molecule has 2 N–H and O–H groups in total. The molecule has 72 valence electrons. The lowest BCUT2D eigenvalue weighted by atomic mass is 10.6. The van der Waals surface area contributed by atoms with Crippen molar-refractivity contribution in [2.45, 2.75) is 5.75 Å². The van der Waals surface area contributed by atoms with E-state index >= 15 is 0 Å². The first-order chi connectivity index (χ1) is 6.22. The highest BCUT2D eigenvalue weighted by atomic mass is 32.2. The summed E-state index contributed by atoms with van der Waals surface area (Å²) in [5.41, 5.74) is 6.36. The molecule has 0 saturated heterocycles. The summed E-state index contributed by atoms with van der Waals surface area (Å²) in [6.07, 6.45) is 0. The predicted octanol–water partition coefficient (Wildman–Crippen LogP) is 1.13. The van der Waals surface area contributed by atoms with E-state index in [9.17, 15) is 4.79 Å². The van der Waals surface area contributed by atoms with Gasteiger partial charge in [-0.15, -0.1) is 23.1 Å². The molecule has 0 radical (unpaired) electrons. The first-order valence-corrected chi connectivity index (χ1v) is 5.60. The van der Waals surface area contributed by atoms with Gasteiger partial charge in [0, 0.05) is 11.1 Å². The number of thiazole rings is 1. The van der Waals surface area contributed by atoms with Crippen molar-refractivity contribution in [2.75, 3.05) is 18.6 Å². The van der Waals surface area contributed by atoms with Gasteiger partial charge in [-0.3, -0.25) is 4.79 Å². The van der Waals surface area contributed by atoms with Crippen LogP contribution in [0.25, 0.3) is 0 Å². The number of anilines is 1. The number of nitrogen functional groups attached to an aromatic ring is 1. The Balaban J connectivity index is 2.24. The molecule has 0 unspecified atom stereocenters. The van der Waals surface area contributed by atoms with Crippen LogP contribution in [-0.4, -0.2) is 23.8 Å². The molecule has 0 atom stereocenters. The summed E-state index contributed by atoms with van der Waals surface area (Å²) in [6, 6.07) is 0. The summed E-state index contributed by atoms with van der Waals surface area (Å²) in [4.78, 5) is 14.8. The number of rotatable bonds is 4. The van der Waals surface area contributed by atoms with Crippen molar-refractivity contribution in [1.82, 2.24) is 4.98 Å². The minimum absolute atomic E-state index is 0.215. The number of methoxy groups -OCH3 is 1. The highest BCUT2D eigenvalue weighted by Crippen LogP contribution is 2.16. The van der Waals surface area contributed by atoms with E-state index in [-0.39, 0.29) is 5.97 Å². The van der Waals surface area contributed by atoms with Crippen LogP contribution in [0.15, 0.2) is 5.38 Å². The van der Waals surface area contributed by atoms with E-state index in [4.69, 9.17) is 5.73 Å². The van der Waals surface area contributed by atoms with E-state index in [1.165, 1.54) is 30.2 Å². The van der Waals surface area contributed by atoms with Crippen LogP contribution < -0.4 is 5.73 Å². The topological polar surface area (TPSA) is 65.2 Å². The highest BCUT2D eigenvalue weighted by Gasteiger charge is 2.02. The Bertz CT molecular complexity index is 288. The van der Waals surface area contributed by atoms with Gasteiger partial charge < -0.3 is 10.5 Å². The Kier molecular flexibility index (Phi) is 4.04. The van der Waals surface area contributed by atoms with Gasteiger partial charge in [-0.25, -0.2) is 4.98 Å². The number of carbonyl (C=O) groups excluding carboxylic acids is 1. The molecule has 0 aromatic carbocycles. The smallest absolute Gasteiger partial charge is 0.315 e. The second-order valence-corrected chi connectivity index (χ2v) is 4.12. The van der Waals surface area contributed by atoms with Gasteiger partial charge in [-0.1, -0.05) is 0 Å². The predicted molar refractivity (Wildman–Crippen MR) is 54.7 cm³/mol. The van der Waals surface area contributed by atoms with E-state index in [1.54, 1.807) is 0 Å². The van der Waals surface area contributed by atoms with Crippen molar-refractivity contribution < 1.29 is 9.53 Å². The third-order valence-corrected chi connectivity index (χ3v) is 2.93. The summed E-state index contributed by atoms with van der Waals surface area (Å²) < 4.78 is 4.49. The maximum Gasteiger partial charge on any atom is 0.315 e. The SMILES string of the molecule is COC(=O)CSCc1csc(N)n1. The largest absolute Gasteiger partial charge is 0.468 e. The molecule has 0 aliphatic carbocycles. The Morgan fingerprint density at radius 3 is 3.15 bits per heavy atom. The normalized spacial score (nSPS) is 9.92. The maximum atomic E-state index is 10.7. The minimum Gasteiger partial charge on any atom is -0.468 e. The summed E-state index contributed by atoms with van der Waals surface area (Å²) >= 11 is 2.87. The minimum atomic E-state index is -0.215. The Labute approximate surface area is 84.5 Å². The van der Waals surface area contributed by atoms with Gasteiger partial charge in [0.2, 0.25) is 0 Å². The molecule has 6 heteroatoms. The van der Waals surface area contributed by atoms with E-state index in [0.29, 0.717) is 16.6 Å². The van der Waals surface area contributed by atoms with E-state index in [1.807, 2.05) is 5.38 Å². The fourth-order valence-corrected chi connectivity index (χ4v) is 2.10. The van der Waals surface area contributed by atoms with Crippen LogP contribution in [0.5, 0.6) is 0 Å². The van der Waals surface area contributed by atoms with Crippen molar-refractivity contribution >= 4 is 34.2 Å². The summed E-state index contributed by atoms with van der Waals surface area (Å²) in [5.74, 6) is 0.838. The van der Waals surface area contributed by atoms with Gasteiger partial charge in [0.25, 0.3) is 0 Å². The van der Waals surface area contributed by atoms with Gasteiger partial charge in [0.1, 0.15) is 0 Å². The zero-order chi connectivity index (χ0) is 9.68. The van der Waals surface area contributed by atoms with Crippen LogP contribution in [-0.2, 0) is 15.3 Å². The number of hydrogen-bond donors (Lipinski definition) is 1. The van der Waals surface area contributed by atoms with Crippen LogP contribution in [0.3, 0.4) is 0 Å². The zero-order valence-corrected chi connectivity index (χ0v) is 8.78. The fourth-order valence-electron chi connectivity index (χ4n) is 0.687. The van der Waals surface area contributed by atoms with Crippen LogP contribution in [0.4, 0.5) is 5.13 Å². The van der Waals surface area contributed by atoms with E-state index in [0.717, 1.165) is 5.69 Å². The number of esters is 1. The number of ether oxygens (including phenoxy) is 1. The van der Waals surface area contributed by atoms with Crippen LogP contribution >= 0.6 is 23.1 Å². The molecule has 0 fully saturated rings. The quantitative estimate of drug-likeness (QED) is 0.767. The van der Waals surface area contributed by atoms with Gasteiger partial charge in [0.15, 0.2) is 5.13 Å². The first-order valence-electron chi connectivity index (χ1n) is 3.57. The molecular formula is C7H10N2O2S2. The number of hydrogen-bond acceptors (Lipinski definition) is 6. The third-order valence-electron chi connectivity index (χ3n) is 1.27. The van der Waals surface area contributed by atoms with E-state index in [2.05, 4.69) is 9.72 Å². The lowest BCUT2D eigenvalue weighted by Crippen LogP contribution is -2.03. The molecule has 0 amide bonds. The summed E-state index contributed by atoms with van der Waals surface area (Å²) in [5, 5.41) is 2.45. The summed E-state index contributed by atoms with van der Waals surface area (Å²) in [6.45, 7) is 0. The van der Waals surface area contributed by atoms with Crippen molar-refractivity contribution in [3.63, 3.8) is 0 Å². The van der Waals surface area contributed by atoms with Crippen molar-refractivity contribution in [3.05, 3.63) is 11.1 Å². The second kappa shape index (κ2) is 5.08. The van der Waals surface area contributed by atoms with Crippen molar-refractivity contribution in [2.24, 2.45) is 0 Å². The molecule has 0 aliphatic heterocycles. The Morgan fingerprint density at radius 1 is 1.85 bits per heavy atom. The lowest BCUT2D eigenvalue weighted by Gasteiger charge is -1.96. The number of thioether (sulfide) groups is 1. The Morgan fingerprint density at radius 2 is 2.62 bits per heavy atom. The molecule has 1 aromatic rings. The van der Waals surface area contributed by atoms with Gasteiger partial charge in [-0.2, -0.15) is 0 Å². The van der Waals surface area contributed by atoms with E-state index < -0.39 is 0 Å². The number of nitrogens with zero attached hydrogens (tertiary/aromatic N) is 1. The third kappa shape index (κ3) is 3.65. The van der Waals surface area contributed by atoms with Crippen LogP contribution in [0.2, 0.25) is 0 Å². The van der Waals surface area contributed by atoms with Gasteiger partial charge in [-0.05, 0) is 0 Å². The monoisotopic (exact) mass is 218 g/mol.